The van der Waals surface area contributed by atoms with Crippen LogP contribution in [0.1, 0.15) is 49.8 Å². The zero-order valence-electron chi connectivity index (χ0n) is 14.3. The van der Waals surface area contributed by atoms with E-state index < -0.39 is 0 Å². The second kappa shape index (κ2) is 6.90. The smallest absolute Gasteiger partial charge is 0.0938 e. The minimum atomic E-state index is 0.194. The number of furan rings is 1. The highest BCUT2D eigenvalue weighted by molar-refractivity contribution is 5.27. The van der Waals surface area contributed by atoms with Gasteiger partial charge in [0.05, 0.1) is 25.2 Å². The normalized spacial score (nSPS) is 22.2. The lowest BCUT2D eigenvalue weighted by Gasteiger charge is -2.31. The molecule has 124 valence electrons. The van der Waals surface area contributed by atoms with Crippen LogP contribution in [0.2, 0.25) is 0 Å². The Bertz CT molecular complexity index is 596. The van der Waals surface area contributed by atoms with Crippen molar-refractivity contribution in [2.45, 2.75) is 51.2 Å². The van der Waals surface area contributed by atoms with Crippen LogP contribution < -0.4 is 5.32 Å². The highest BCUT2D eigenvalue weighted by Crippen LogP contribution is 2.29. The summed E-state index contributed by atoms with van der Waals surface area (Å²) < 4.78 is 11.5. The number of nitrogens with one attached hydrogen (secondary N) is 1. The molecule has 1 aromatic heterocycles. The van der Waals surface area contributed by atoms with E-state index in [4.69, 9.17) is 9.15 Å². The van der Waals surface area contributed by atoms with Gasteiger partial charge in [0.25, 0.3) is 0 Å². The fourth-order valence-corrected chi connectivity index (χ4v) is 3.18. The minimum absolute atomic E-state index is 0.194. The number of hydrogen-bond acceptors (Lipinski definition) is 3. The van der Waals surface area contributed by atoms with E-state index in [1.165, 1.54) is 16.7 Å². The maximum Gasteiger partial charge on any atom is 0.0938 e. The molecule has 0 saturated carbocycles. The third-order valence-electron chi connectivity index (χ3n) is 4.68. The van der Waals surface area contributed by atoms with Gasteiger partial charge in [0.1, 0.15) is 0 Å². The Morgan fingerprint density at radius 3 is 2.61 bits per heavy atom. The van der Waals surface area contributed by atoms with Gasteiger partial charge in [-0.1, -0.05) is 45.0 Å². The molecular formula is C20H27NO2. The van der Waals surface area contributed by atoms with Crippen molar-refractivity contribution >= 4 is 0 Å². The molecule has 1 fully saturated rings. The summed E-state index contributed by atoms with van der Waals surface area (Å²) in [5, 5.41) is 3.44. The molecule has 2 heterocycles. The van der Waals surface area contributed by atoms with Crippen molar-refractivity contribution in [3.05, 3.63) is 59.5 Å². The summed E-state index contributed by atoms with van der Waals surface area (Å²) in [6.45, 7) is 9.31. The van der Waals surface area contributed by atoms with Crippen LogP contribution in [-0.2, 0) is 16.8 Å². The summed E-state index contributed by atoms with van der Waals surface area (Å²) in [5.74, 6) is 0.420. The van der Waals surface area contributed by atoms with Gasteiger partial charge in [-0.2, -0.15) is 0 Å². The van der Waals surface area contributed by atoms with Crippen LogP contribution in [0.3, 0.4) is 0 Å². The van der Waals surface area contributed by atoms with E-state index in [9.17, 15) is 0 Å². The Kier molecular flexibility index (Phi) is 4.88. The van der Waals surface area contributed by atoms with Crippen LogP contribution in [0.4, 0.5) is 0 Å². The Labute approximate surface area is 139 Å². The molecule has 2 aromatic rings. The van der Waals surface area contributed by atoms with Crippen LogP contribution in [0, 0.1) is 0 Å². The van der Waals surface area contributed by atoms with Crippen LogP contribution in [0.5, 0.6) is 0 Å². The lowest BCUT2D eigenvalue weighted by atomic mass is 9.87. The number of hydrogen-bond donors (Lipinski definition) is 1. The second-order valence-corrected chi connectivity index (χ2v) is 7.45. The Morgan fingerprint density at radius 2 is 1.96 bits per heavy atom. The van der Waals surface area contributed by atoms with Gasteiger partial charge in [-0.15, -0.1) is 0 Å². The number of rotatable bonds is 4. The zero-order valence-corrected chi connectivity index (χ0v) is 14.3. The third kappa shape index (κ3) is 4.04. The van der Waals surface area contributed by atoms with Crippen molar-refractivity contribution in [3.63, 3.8) is 0 Å². The summed E-state index contributed by atoms with van der Waals surface area (Å²) in [5.41, 5.74) is 4.03. The molecule has 0 radical (unpaired) electrons. The molecule has 1 aromatic carbocycles. The van der Waals surface area contributed by atoms with Crippen LogP contribution in [0.25, 0.3) is 0 Å². The third-order valence-corrected chi connectivity index (χ3v) is 4.68. The molecule has 0 aliphatic carbocycles. The number of ether oxygens (including phenoxy) is 1. The van der Waals surface area contributed by atoms with Crippen molar-refractivity contribution in [3.8, 4) is 0 Å². The minimum Gasteiger partial charge on any atom is -0.472 e. The van der Waals surface area contributed by atoms with Gasteiger partial charge < -0.3 is 14.5 Å². The Balaban J connectivity index is 1.62. The first kappa shape index (κ1) is 16.3. The molecule has 23 heavy (non-hydrogen) atoms. The topological polar surface area (TPSA) is 34.4 Å². The predicted octanol–water partition coefficient (Wildman–Crippen LogP) is 4.24. The lowest BCUT2D eigenvalue weighted by molar-refractivity contribution is 0.0105. The van der Waals surface area contributed by atoms with E-state index in [1.54, 1.807) is 6.26 Å². The molecule has 0 bridgehead atoms. The van der Waals surface area contributed by atoms with Gasteiger partial charge in [0.2, 0.25) is 0 Å². The van der Waals surface area contributed by atoms with Crippen molar-refractivity contribution in [1.82, 2.24) is 5.32 Å². The fourth-order valence-electron chi connectivity index (χ4n) is 3.18. The highest BCUT2D eigenvalue weighted by Gasteiger charge is 2.27. The van der Waals surface area contributed by atoms with Crippen LogP contribution in [0.15, 0.2) is 47.3 Å². The van der Waals surface area contributed by atoms with Crippen LogP contribution in [-0.4, -0.2) is 19.2 Å². The monoisotopic (exact) mass is 313 g/mol. The summed E-state index contributed by atoms with van der Waals surface area (Å²) in [6.07, 6.45) is 4.89. The largest absolute Gasteiger partial charge is 0.472 e. The molecule has 2 unspecified atom stereocenters. The van der Waals surface area contributed by atoms with E-state index in [0.29, 0.717) is 12.5 Å². The Hall–Kier alpha value is -1.58. The maximum absolute atomic E-state index is 6.23. The maximum atomic E-state index is 6.23. The Morgan fingerprint density at radius 1 is 1.17 bits per heavy atom. The number of benzene rings is 1. The fraction of sp³-hybridized carbons (Fsp3) is 0.500. The molecule has 1 saturated heterocycles. The molecule has 0 amide bonds. The average molecular weight is 313 g/mol. The first-order chi connectivity index (χ1) is 11.0. The molecule has 0 spiro atoms. The molecule has 2 atom stereocenters. The van der Waals surface area contributed by atoms with Crippen molar-refractivity contribution < 1.29 is 9.15 Å². The summed E-state index contributed by atoms with van der Waals surface area (Å²) >= 11 is 0. The van der Waals surface area contributed by atoms with Gasteiger partial charge >= 0.3 is 0 Å². The summed E-state index contributed by atoms with van der Waals surface area (Å²) in [6, 6.07) is 10.9. The van der Waals surface area contributed by atoms with E-state index in [1.807, 2.05) is 6.26 Å². The lowest BCUT2D eigenvalue weighted by Crippen LogP contribution is -2.40. The highest BCUT2D eigenvalue weighted by atomic mass is 16.5. The molecule has 3 heteroatoms. The molecular weight excluding hydrogens is 286 g/mol. The van der Waals surface area contributed by atoms with Gasteiger partial charge in [-0.05, 0) is 41.1 Å². The van der Waals surface area contributed by atoms with E-state index in [-0.39, 0.29) is 11.5 Å². The van der Waals surface area contributed by atoms with Gasteiger partial charge in [0, 0.05) is 12.5 Å². The quantitative estimate of drug-likeness (QED) is 0.917. The van der Waals surface area contributed by atoms with Gasteiger partial charge in [-0.25, -0.2) is 0 Å². The average Bonchev–Trinajstić information content (AvgIpc) is 3.07. The van der Waals surface area contributed by atoms with E-state index in [2.05, 4.69) is 56.4 Å². The van der Waals surface area contributed by atoms with Crippen molar-refractivity contribution in [2.75, 3.05) is 13.1 Å². The molecule has 3 rings (SSSR count). The first-order valence-electron chi connectivity index (χ1n) is 8.48. The zero-order chi connectivity index (χ0) is 16.3. The second-order valence-electron chi connectivity index (χ2n) is 7.45. The standard InChI is InChI=1S/C20H27NO2/c1-20(2,3)17-6-4-15(5-7-17)13-23-19-12-21-10-8-18(19)16-9-11-22-14-16/h4-7,9,11,14,18-19,21H,8,10,12-13H2,1-3H3. The molecule has 1 aliphatic heterocycles. The van der Waals surface area contributed by atoms with E-state index in [0.717, 1.165) is 19.5 Å². The van der Waals surface area contributed by atoms with E-state index >= 15 is 0 Å². The van der Waals surface area contributed by atoms with Gasteiger partial charge in [-0.3, -0.25) is 0 Å². The molecule has 1 N–H and O–H groups in total. The van der Waals surface area contributed by atoms with Crippen LogP contribution >= 0.6 is 0 Å². The van der Waals surface area contributed by atoms with Gasteiger partial charge in [0.15, 0.2) is 0 Å². The molecule has 1 aliphatic rings. The SMILES string of the molecule is CC(C)(C)c1ccc(COC2CNCCC2c2ccoc2)cc1. The first-order valence-corrected chi connectivity index (χ1v) is 8.48. The summed E-state index contributed by atoms with van der Waals surface area (Å²) in [4.78, 5) is 0. The summed E-state index contributed by atoms with van der Waals surface area (Å²) in [7, 11) is 0. The van der Waals surface area contributed by atoms with Crippen molar-refractivity contribution in [1.29, 1.82) is 0 Å². The molecule has 3 nitrogen and oxygen atoms in total. The predicted molar refractivity (Wildman–Crippen MR) is 92.7 cm³/mol. The number of piperidine rings is 1. The van der Waals surface area contributed by atoms with Crippen molar-refractivity contribution in [2.24, 2.45) is 0 Å².